The number of ether oxygens (including phenoxy) is 1. The lowest BCUT2D eigenvalue weighted by Crippen LogP contribution is -2.07. The summed E-state index contributed by atoms with van der Waals surface area (Å²) in [5.41, 5.74) is 0. The van der Waals surface area contributed by atoms with Gasteiger partial charge in [-0.2, -0.15) is 4.98 Å². The molecule has 1 aliphatic rings. The minimum absolute atomic E-state index is 0.556. The quantitative estimate of drug-likeness (QED) is 0.653. The third-order valence-corrected chi connectivity index (χ3v) is 3.45. The zero-order valence-corrected chi connectivity index (χ0v) is 12.8. The highest BCUT2D eigenvalue weighted by atomic mass is 16.5. The molecule has 1 saturated carbocycles. The lowest BCUT2D eigenvalue weighted by atomic mass is 10.2. The van der Waals surface area contributed by atoms with Gasteiger partial charge in [-0.05, 0) is 25.7 Å². The fourth-order valence-corrected chi connectivity index (χ4v) is 2.11. The van der Waals surface area contributed by atoms with E-state index in [9.17, 15) is 0 Å². The highest BCUT2D eigenvalue weighted by Crippen LogP contribution is 2.39. The summed E-state index contributed by atoms with van der Waals surface area (Å²) in [5.74, 6) is 3.15. The number of unbranched alkanes of at least 4 members (excludes halogenated alkanes) is 3. The fraction of sp³-hybridized carbons (Fsp3) is 0.750. The van der Waals surface area contributed by atoms with Crippen molar-refractivity contribution in [3.05, 3.63) is 11.9 Å². The second-order valence-corrected chi connectivity index (χ2v) is 5.56. The topological polar surface area (TPSA) is 47.0 Å². The van der Waals surface area contributed by atoms with Crippen molar-refractivity contribution in [2.75, 3.05) is 18.5 Å². The largest absolute Gasteiger partial charge is 0.478 e. The predicted molar refractivity (Wildman–Crippen MR) is 82.4 cm³/mol. The molecule has 0 aliphatic heterocycles. The van der Waals surface area contributed by atoms with Crippen molar-refractivity contribution in [2.45, 2.75) is 64.7 Å². The molecule has 1 N–H and O–H groups in total. The monoisotopic (exact) mass is 277 g/mol. The average molecular weight is 277 g/mol. The second kappa shape index (κ2) is 8.08. The van der Waals surface area contributed by atoms with Crippen LogP contribution in [-0.2, 0) is 0 Å². The van der Waals surface area contributed by atoms with Crippen molar-refractivity contribution in [3.8, 4) is 5.88 Å². The van der Waals surface area contributed by atoms with Crippen molar-refractivity contribution >= 4 is 5.82 Å². The molecule has 1 fully saturated rings. The van der Waals surface area contributed by atoms with Crippen LogP contribution in [0.25, 0.3) is 0 Å². The smallest absolute Gasteiger partial charge is 0.218 e. The molecular formula is C16H27N3O. The van der Waals surface area contributed by atoms with E-state index < -0.39 is 0 Å². The Morgan fingerprint density at radius 3 is 2.70 bits per heavy atom. The third kappa shape index (κ3) is 4.99. The summed E-state index contributed by atoms with van der Waals surface area (Å²) < 4.78 is 5.67. The first-order chi connectivity index (χ1) is 9.83. The van der Waals surface area contributed by atoms with Crippen molar-refractivity contribution in [3.63, 3.8) is 0 Å². The van der Waals surface area contributed by atoms with E-state index in [1.807, 2.05) is 6.07 Å². The molecule has 0 atom stereocenters. The summed E-state index contributed by atoms with van der Waals surface area (Å²) in [7, 11) is 0. The highest BCUT2D eigenvalue weighted by Gasteiger charge is 2.27. The first kappa shape index (κ1) is 15.1. The van der Waals surface area contributed by atoms with E-state index >= 15 is 0 Å². The van der Waals surface area contributed by atoms with Gasteiger partial charge in [0.25, 0.3) is 0 Å². The maximum atomic E-state index is 5.67. The van der Waals surface area contributed by atoms with Crippen LogP contribution in [0, 0.1) is 0 Å². The van der Waals surface area contributed by atoms with E-state index in [2.05, 4.69) is 29.1 Å². The summed E-state index contributed by atoms with van der Waals surface area (Å²) >= 11 is 0. The van der Waals surface area contributed by atoms with Gasteiger partial charge in [0.15, 0.2) is 0 Å². The molecule has 0 aromatic carbocycles. The maximum absolute atomic E-state index is 5.67. The van der Waals surface area contributed by atoms with Crippen LogP contribution in [0.5, 0.6) is 5.88 Å². The van der Waals surface area contributed by atoms with Gasteiger partial charge < -0.3 is 10.1 Å². The number of aromatic nitrogens is 2. The SMILES string of the molecule is CCCCCCNc1cc(OCCC)nc(C2CC2)n1. The number of rotatable bonds is 10. The third-order valence-electron chi connectivity index (χ3n) is 3.45. The van der Waals surface area contributed by atoms with Gasteiger partial charge in [0.1, 0.15) is 11.6 Å². The highest BCUT2D eigenvalue weighted by molar-refractivity contribution is 5.39. The summed E-state index contributed by atoms with van der Waals surface area (Å²) in [4.78, 5) is 9.14. The molecule has 20 heavy (non-hydrogen) atoms. The molecule has 4 nitrogen and oxygen atoms in total. The molecular weight excluding hydrogens is 250 g/mol. The second-order valence-electron chi connectivity index (χ2n) is 5.56. The number of hydrogen-bond acceptors (Lipinski definition) is 4. The van der Waals surface area contributed by atoms with Crippen molar-refractivity contribution < 1.29 is 4.74 Å². The van der Waals surface area contributed by atoms with Crippen LogP contribution in [-0.4, -0.2) is 23.1 Å². The molecule has 1 aromatic rings. The van der Waals surface area contributed by atoms with Gasteiger partial charge in [-0.1, -0.05) is 33.1 Å². The summed E-state index contributed by atoms with van der Waals surface area (Å²) in [5, 5.41) is 3.41. The molecule has 0 saturated heterocycles. The number of anilines is 1. The van der Waals surface area contributed by atoms with E-state index in [1.165, 1.54) is 38.5 Å². The molecule has 0 spiro atoms. The van der Waals surface area contributed by atoms with Crippen LogP contribution in [0.2, 0.25) is 0 Å². The van der Waals surface area contributed by atoms with Crippen LogP contribution >= 0.6 is 0 Å². The lowest BCUT2D eigenvalue weighted by molar-refractivity contribution is 0.303. The van der Waals surface area contributed by atoms with Gasteiger partial charge in [0.05, 0.1) is 6.61 Å². The Labute approximate surface area is 122 Å². The Morgan fingerprint density at radius 1 is 1.15 bits per heavy atom. The summed E-state index contributed by atoms with van der Waals surface area (Å²) in [6.45, 7) is 6.04. The Hall–Kier alpha value is -1.32. The Balaban J connectivity index is 1.90. The minimum Gasteiger partial charge on any atom is -0.478 e. The Morgan fingerprint density at radius 2 is 2.00 bits per heavy atom. The molecule has 1 heterocycles. The standard InChI is InChI=1S/C16H27N3O/c1-3-5-6-7-10-17-14-12-15(20-11-4-2)19-16(18-14)13-8-9-13/h12-13H,3-11H2,1-2H3,(H,17,18,19). The molecule has 0 radical (unpaired) electrons. The first-order valence-electron chi connectivity index (χ1n) is 8.09. The predicted octanol–water partition coefficient (Wildman–Crippen LogP) is 4.14. The molecule has 1 aromatic heterocycles. The number of hydrogen-bond donors (Lipinski definition) is 1. The molecule has 0 amide bonds. The Bertz CT molecular complexity index is 405. The lowest BCUT2D eigenvalue weighted by Gasteiger charge is -2.10. The van der Waals surface area contributed by atoms with Gasteiger partial charge in [0.2, 0.25) is 5.88 Å². The minimum atomic E-state index is 0.556. The zero-order chi connectivity index (χ0) is 14.2. The van der Waals surface area contributed by atoms with Crippen LogP contribution in [0.1, 0.15) is 70.5 Å². The van der Waals surface area contributed by atoms with E-state index in [1.54, 1.807) is 0 Å². The van der Waals surface area contributed by atoms with Gasteiger partial charge >= 0.3 is 0 Å². The molecule has 2 rings (SSSR count). The summed E-state index contributed by atoms with van der Waals surface area (Å²) in [6, 6.07) is 1.93. The first-order valence-corrected chi connectivity index (χ1v) is 8.09. The van der Waals surface area contributed by atoms with Crippen molar-refractivity contribution in [1.29, 1.82) is 0 Å². The van der Waals surface area contributed by atoms with Crippen LogP contribution < -0.4 is 10.1 Å². The van der Waals surface area contributed by atoms with Crippen LogP contribution in [0.3, 0.4) is 0 Å². The maximum Gasteiger partial charge on any atom is 0.218 e. The normalized spacial score (nSPS) is 14.3. The van der Waals surface area contributed by atoms with Crippen LogP contribution in [0.4, 0.5) is 5.82 Å². The Kier molecular flexibility index (Phi) is 6.09. The molecule has 0 bridgehead atoms. The van der Waals surface area contributed by atoms with E-state index in [-0.39, 0.29) is 0 Å². The van der Waals surface area contributed by atoms with Gasteiger partial charge in [-0.25, -0.2) is 4.98 Å². The van der Waals surface area contributed by atoms with Crippen LogP contribution in [0.15, 0.2) is 6.07 Å². The number of nitrogens with one attached hydrogen (secondary N) is 1. The van der Waals surface area contributed by atoms with E-state index in [0.29, 0.717) is 5.92 Å². The zero-order valence-electron chi connectivity index (χ0n) is 12.8. The van der Waals surface area contributed by atoms with Crippen molar-refractivity contribution in [1.82, 2.24) is 9.97 Å². The molecule has 4 heteroatoms. The fourth-order valence-electron chi connectivity index (χ4n) is 2.11. The van der Waals surface area contributed by atoms with E-state index in [4.69, 9.17) is 4.74 Å². The number of nitrogens with zero attached hydrogens (tertiary/aromatic N) is 2. The van der Waals surface area contributed by atoms with Gasteiger partial charge in [0, 0.05) is 18.5 Å². The van der Waals surface area contributed by atoms with E-state index in [0.717, 1.165) is 37.1 Å². The van der Waals surface area contributed by atoms with Crippen molar-refractivity contribution in [2.24, 2.45) is 0 Å². The summed E-state index contributed by atoms with van der Waals surface area (Å²) in [6.07, 6.45) is 8.49. The van der Waals surface area contributed by atoms with Gasteiger partial charge in [-0.15, -0.1) is 0 Å². The molecule has 112 valence electrons. The molecule has 1 aliphatic carbocycles. The van der Waals surface area contributed by atoms with Gasteiger partial charge in [-0.3, -0.25) is 0 Å². The average Bonchev–Trinajstić information content (AvgIpc) is 3.29. The molecule has 0 unspecified atom stereocenters.